The van der Waals surface area contributed by atoms with Crippen molar-refractivity contribution < 1.29 is 27.1 Å². The van der Waals surface area contributed by atoms with Crippen LogP contribution in [-0.2, 0) is 13.2 Å². The molecular formula is C19H16F4N4O2. The van der Waals surface area contributed by atoms with Gasteiger partial charge in [-0.25, -0.2) is 9.18 Å². The number of methoxy groups -OCH3 is 1. The second-order valence-corrected chi connectivity index (χ2v) is 6.03. The highest BCUT2D eigenvalue weighted by atomic mass is 19.4. The second kappa shape index (κ2) is 7.82. The molecule has 0 aliphatic heterocycles. The van der Waals surface area contributed by atoms with Crippen LogP contribution < -0.4 is 15.4 Å². The van der Waals surface area contributed by atoms with Gasteiger partial charge in [-0.3, -0.25) is 4.68 Å². The number of carbonyl (C=O) groups excluding carboxylic acids is 1. The lowest BCUT2D eigenvalue weighted by molar-refractivity contribution is -0.137. The number of nitrogens with one attached hydrogen (secondary N) is 2. The van der Waals surface area contributed by atoms with Crippen molar-refractivity contribution >= 4 is 17.4 Å². The molecule has 29 heavy (non-hydrogen) atoms. The van der Waals surface area contributed by atoms with Crippen molar-refractivity contribution in [3.05, 3.63) is 60.0 Å². The third-order valence-corrected chi connectivity index (χ3v) is 4.08. The molecule has 6 nitrogen and oxygen atoms in total. The molecule has 0 atom stereocenters. The highest BCUT2D eigenvalue weighted by Gasteiger charge is 2.30. The summed E-state index contributed by atoms with van der Waals surface area (Å²) in [6.07, 6.45) is -3.40. The zero-order valence-electron chi connectivity index (χ0n) is 15.3. The summed E-state index contributed by atoms with van der Waals surface area (Å²) in [6.45, 7) is 0. The molecule has 0 aliphatic rings. The molecule has 0 bridgehead atoms. The minimum absolute atomic E-state index is 0.175. The Labute approximate surface area is 163 Å². The van der Waals surface area contributed by atoms with Gasteiger partial charge in [0.05, 0.1) is 18.9 Å². The van der Waals surface area contributed by atoms with Gasteiger partial charge in [-0.1, -0.05) is 0 Å². The van der Waals surface area contributed by atoms with Crippen molar-refractivity contribution in [2.45, 2.75) is 6.18 Å². The lowest BCUT2D eigenvalue weighted by Crippen LogP contribution is -2.19. The number of rotatable bonds is 4. The molecule has 0 saturated heterocycles. The molecule has 1 heterocycles. The van der Waals surface area contributed by atoms with Crippen LogP contribution in [0.2, 0.25) is 0 Å². The third kappa shape index (κ3) is 4.48. The van der Waals surface area contributed by atoms with E-state index >= 15 is 0 Å². The highest BCUT2D eigenvalue weighted by Crippen LogP contribution is 2.34. The van der Waals surface area contributed by atoms with Gasteiger partial charge >= 0.3 is 12.2 Å². The lowest BCUT2D eigenvalue weighted by atomic mass is 10.1. The normalized spacial score (nSPS) is 11.2. The van der Waals surface area contributed by atoms with Crippen molar-refractivity contribution in [1.82, 2.24) is 9.78 Å². The Kier molecular flexibility index (Phi) is 5.44. The number of hydrogen-bond donors (Lipinski definition) is 2. The minimum atomic E-state index is -4.46. The number of urea groups is 1. The van der Waals surface area contributed by atoms with Crippen LogP contribution in [-0.4, -0.2) is 22.9 Å². The number of hydrogen-bond acceptors (Lipinski definition) is 3. The Morgan fingerprint density at radius 2 is 1.69 bits per heavy atom. The first kappa shape index (κ1) is 20.2. The molecule has 0 saturated carbocycles. The minimum Gasteiger partial charge on any atom is -0.496 e. The van der Waals surface area contributed by atoms with Crippen LogP contribution in [0.4, 0.5) is 33.7 Å². The molecule has 0 fully saturated rings. The molecule has 3 aromatic rings. The molecule has 152 valence electrons. The molecular weight excluding hydrogens is 392 g/mol. The predicted octanol–water partition coefficient (Wildman–Crippen LogP) is 4.90. The van der Waals surface area contributed by atoms with E-state index in [-0.39, 0.29) is 11.4 Å². The van der Waals surface area contributed by atoms with E-state index in [9.17, 15) is 22.4 Å². The van der Waals surface area contributed by atoms with Gasteiger partial charge in [0, 0.05) is 24.0 Å². The summed E-state index contributed by atoms with van der Waals surface area (Å²) in [7, 11) is 2.99. The number of benzene rings is 2. The maximum atomic E-state index is 14.1. The number of nitrogens with zero attached hydrogens (tertiary/aromatic N) is 2. The van der Waals surface area contributed by atoms with E-state index in [0.717, 1.165) is 30.5 Å². The standard InChI is InChI=1S/C19H16F4N4O2/c1-27-17(15(20)10-24-27)14-9-13(7-8-16(14)29-2)26-18(28)25-12-5-3-11(4-6-12)19(21,22)23/h3-10H,1-2H3,(H2,25,26,28). The molecule has 0 aliphatic carbocycles. The van der Waals surface area contributed by atoms with Crippen molar-refractivity contribution in [3.63, 3.8) is 0 Å². The number of halogens is 4. The topological polar surface area (TPSA) is 68.2 Å². The first-order valence-corrected chi connectivity index (χ1v) is 8.30. The number of anilines is 2. The van der Waals surface area contributed by atoms with E-state index in [0.29, 0.717) is 17.0 Å². The summed E-state index contributed by atoms with van der Waals surface area (Å²) in [6, 6.07) is 7.95. The number of aryl methyl sites for hydroxylation is 1. The number of carbonyl (C=O) groups is 1. The van der Waals surface area contributed by atoms with E-state index in [1.807, 2.05) is 0 Å². The Hall–Kier alpha value is -3.56. The van der Waals surface area contributed by atoms with E-state index < -0.39 is 23.6 Å². The van der Waals surface area contributed by atoms with Crippen LogP contribution in [0.25, 0.3) is 11.3 Å². The van der Waals surface area contributed by atoms with Crippen molar-refractivity contribution in [1.29, 1.82) is 0 Å². The molecule has 2 amide bonds. The average Bonchev–Trinajstić information content (AvgIpc) is 2.99. The number of aromatic nitrogens is 2. The molecule has 1 aromatic heterocycles. The van der Waals surface area contributed by atoms with E-state index in [2.05, 4.69) is 15.7 Å². The summed E-state index contributed by atoms with van der Waals surface area (Å²) in [5, 5.41) is 8.83. The van der Waals surface area contributed by atoms with Gasteiger partial charge in [-0.05, 0) is 42.5 Å². The fourth-order valence-electron chi connectivity index (χ4n) is 2.72. The molecule has 2 N–H and O–H groups in total. The van der Waals surface area contributed by atoms with E-state index in [1.165, 1.54) is 17.9 Å². The van der Waals surface area contributed by atoms with Crippen LogP contribution in [0.15, 0.2) is 48.7 Å². The summed E-state index contributed by atoms with van der Waals surface area (Å²) in [5.74, 6) is -0.182. The lowest BCUT2D eigenvalue weighted by Gasteiger charge is -2.13. The quantitative estimate of drug-likeness (QED) is 0.604. The fraction of sp³-hybridized carbons (Fsp3) is 0.158. The second-order valence-electron chi connectivity index (χ2n) is 6.03. The smallest absolute Gasteiger partial charge is 0.416 e. The maximum absolute atomic E-state index is 14.1. The molecule has 2 aromatic carbocycles. The Bertz CT molecular complexity index is 1010. The van der Waals surface area contributed by atoms with Gasteiger partial charge in [0.15, 0.2) is 5.82 Å². The molecule has 3 rings (SSSR count). The number of alkyl halides is 3. The summed E-state index contributed by atoms with van der Waals surface area (Å²) in [4.78, 5) is 12.2. The van der Waals surface area contributed by atoms with Crippen LogP contribution in [0.3, 0.4) is 0 Å². The van der Waals surface area contributed by atoms with Gasteiger partial charge in [0.1, 0.15) is 11.4 Å². The SMILES string of the molecule is COc1ccc(NC(=O)Nc2ccc(C(F)(F)F)cc2)cc1-c1c(F)cnn1C. The van der Waals surface area contributed by atoms with E-state index in [1.54, 1.807) is 19.2 Å². The van der Waals surface area contributed by atoms with Gasteiger partial charge < -0.3 is 15.4 Å². The average molecular weight is 408 g/mol. The van der Waals surface area contributed by atoms with Gasteiger partial charge in [0.25, 0.3) is 0 Å². The van der Waals surface area contributed by atoms with Crippen LogP contribution in [0.1, 0.15) is 5.56 Å². The molecule has 0 unspecified atom stereocenters. The van der Waals surface area contributed by atoms with E-state index in [4.69, 9.17) is 4.74 Å². The fourth-order valence-corrected chi connectivity index (χ4v) is 2.72. The Morgan fingerprint density at radius 1 is 1.07 bits per heavy atom. The third-order valence-electron chi connectivity index (χ3n) is 4.08. The zero-order chi connectivity index (χ0) is 21.2. The molecule has 0 spiro atoms. The Morgan fingerprint density at radius 3 is 2.24 bits per heavy atom. The monoisotopic (exact) mass is 408 g/mol. The summed E-state index contributed by atoms with van der Waals surface area (Å²) >= 11 is 0. The van der Waals surface area contributed by atoms with Crippen molar-refractivity contribution in [2.75, 3.05) is 17.7 Å². The molecule has 10 heteroatoms. The summed E-state index contributed by atoms with van der Waals surface area (Å²) in [5.41, 5.74) is 0.236. The first-order valence-electron chi connectivity index (χ1n) is 8.30. The number of ether oxygens (including phenoxy) is 1. The van der Waals surface area contributed by atoms with Crippen LogP contribution >= 0.6 is 0 Å². The largest absolute Gasteiger partial charge is 0.496 e. The zero-order valence-corrected chi connectivity index (χ0v) is 15.3. The first-order chi connectivity index (χ1) is 13.7. The van der Waals surface area contributed by atoms with Gasteiger partial charge in [0.2, 0.25) is 0 Å². The van der Waals surface area contributed by atoms with Crippen LogP contribution in [0, 0.1) is 5.82 Å². The van der Waals surface area contributed by atoms with Gasteiger partial charge in [-0.15, -0.1) is 0 Å². The van der Waals surface area contributed by atoms with Crippen LogP contribution in [0.5, 0.6) is 5.75 Å². The Balaban J connectivity index is 1.78. The van der Waals surface area contributed by atoms with Crippen molar-refractivity contribution in [3.8, 4) is 17.0 Å². The van der Waals surface area contributed by atoms with Crippen molar-refractivity contribution in [2.24, 2.45) is 7.05 Å². The molecule has 0 radical (unpaired) electrons. The maximum Gasteiger partial charge on any atom is 0.416 e. The highest BCUT2D eigenvalue weighted by molar-refractivity contribution is 6.00. The summed E-state index contributed by atoms with van der Waals surface area (Å²) < 4.78 is 58.5. The van der Waals surface area contributed by atoms with Gasteiger partial charge in [-0.2, -0.15) is 18.3 Å². The number of amides is 2. The predicted molar refractivity (Wildman–Crippen MR) is 99.2 cm³/mol.